The smallest absolute Gasteiger partial charge is 0.152 e. The number of anilines is 1. The maximum absolute atomic E-state index is 11.5. The molecule has 1 atom stereocenters. The molecule has 0 radical (unpaired) electrons. The van der Waals surface area contributed by atoms with Gasteiger partial charge in [0.15, 0.2) is 9.84 Å². The molecule has 1 aliphatic heterocycles. The summed E-state index contributed by atoms with van der Waals surface area (Å²) in [5.74, 6) is 0.611. The summed E-state index contributed by atoms with van der Waals surface area (Å²) in [4.78, 5) is 0. The molecular formula is C12H17NO2S. The van der Waals surface area contributed by atoms with Gasteiger partial charge in [-0.05, 0) is 37.5 Å². The number of benzene rings is 1. The number of rotatable bonds is 2. The predicted molar refractivity (Wildman–Crippen MR) is 66.5 cm³/mol. The van der Waals surface area contributed by atoms with Crippen LogP contribution in [0.3, 0.4) is 0 Å². The molecule has 1 fully saturated rings. The van der Waals surface area contributed by atoms with Gasteiger partial charge in [-0.3, -0.25) is 0 Å². The molecule has 1 aliphatic rings. The third-order valence-corrected chi connectivity index (χ3v) is 4.67. The highest BCUT2D eigenvalue weighted by Gasteiger charge is 2.24. The molecular weight excluding hydrogens is 222 g/mol. The van der Waals surface area contributed by atoms with Gasteiger partial charge >= 0.3 is 0 Å². The largest absolute Gasteiger partial charge is 0.381 e. The molecule has 0 aliphatic carbocycles. The normalized spacial score (nSPS) is 23.9. The van der Waals surface area contributed by atoms with E-state index in [1.165, 1.54) is 5.56 Å². The van der Waals surface area contributed by atoms with Crippen molar-refractivity contribution < 1.29 is 8.42 Å². The van der Waals surface area contributed by atoms with Crippen LogP contribution in [0.1, 0.15) is 18.4 Å². The van der Waals surface area contributed by atoms with Gasteiger partial charge in [0.2, 0.25) is 0 Å². The predicted octanol–water partition coefficient (Wildman–Crippen LogP) is 1.98. The lowest BCUT2D eigenvalue weighted by Crippen LogP contribution is -2.34. The van der Waals surface area contributed by atoms with Crippen LogP contribution in [-0.4, -0.2) is 26.0 Å². The Hall–Kier alpha value is -1.03. The summed E-state index contributed by atoms with van der Waals surface area (Å²) in [7, 11) is -2.82. The number of hydrogen-bond acceptors (Lipinski definition) is 3. The fourth-order valence-corrected chi connectivity index (χ4v) is 3.74. The number of sulfone groups is 1. The van der Waals surface area contributed by atoms with Gasteiger partial charge in [-0.1, -0.05) is 12.1 Å². The molecule has 4 heteroatoms. The average molecular weight is 239 g/mol. The second kappa shape index (κ2) is 4.45. The van der Waals surface area contributed by atoms with Gasteiger partial charge < -0.3 is 5.32 Å². The molecule has 1 heterocycles. The van der Waals surface area contributed by atoms with Gasteiger partial charge in [0, 0.05) is 11.7 Å². The van der Waals surface area contributed by atoms with E-state index in [-0.39, 0.29) is 11.8 Å². The first-order chi connectivity index (χ1) is 7.55. The van der Waals surface area contributed by atoms with Crippen LogP contribution in [0.2, 0.25) is 0 Å². The van der Waals surface area contributed by atoms with Gasteiger partial charge in [-0.15, -0.1) is 0 Å². The molecule has 3 nitrogen and oxygen atoms in total. The Morgan fingerprint density at radius 3 is 2.88 bits per heavy atom. The molecule has 0 spiro atoms. The topological polar surface area (TPSA) is 46.2 Å². The highest BCUT2D eigenvalue weighted by Crippen LogP contribution is 2.18. The minimum atomic E-state index is -2.82. The molecule has 0 amide bonds. The standard InChI is InChI=1S/C12H17NO2S/c1-10-4-2-5-11(8-10)13-12-6-3-7-16(14,15)9-12/h2,4-5,8,12-13H,3,6-7,9H2,1H3. The Balaban J connectivity index is 2.05. The van der Waals surface area contributed by atoms with E-state index in [0.717, 1.165) is 18.5 Å². The van der Waals surface area contributed by atoms with Crippen molar-refractivity contribution in [3.63, 3.8) is 0 Å². The first-order valence-corrected chi connectivity index (χ1v) is 7.41. The van der Waals surface area contributed by atoms with Crippen molar-refractivity contribution in [2.45, 2.75) is 25.8 Å². The number of hydrogen-bond donors (Lipinski definition) is 1. The molecule has 0 bridgehead atoms. The molecule has 0 saturated carbocycles. The highest BCUT2D eigenvalue weighted by molar-refractivity contribution is 7.91. The monoisotopic (exact) mass is 239 g/mol. The quantitative estimate of drug-likeness (QED) is 0.858. The molecule has 2 rings (SSSR count). The Morgan fingerprint density at radius 1 is 1.38 bits per heavy atom. The van der Waals surface area contributed by atoms with E-state index in [2.05, 4.69) is 5.32 Å². The Morgan fingerprint density at radius 2 is 2.19 bits per heavy atom. The SMILES string of the molecule is Cc1cccc(NC2CCCS(=O)(=O)C2)c1. The van der Waals surface area contributed by atoms with Crippen LogP contribution in [0.15, 0.2) is 24.3 Å². The fourth-order valence-electron chi connectivity index (χ4n) is 2.11. The highest BCUT2D eigenvalue weighted by atomic mass is 32.2. The summed E-state index contributed by atoms with van der Waals surface area (Å²) < 4.78 is 23.0. The Labute approximate surface area is 96.8 Å². The maximum atomic E-state index is 11.5. The molecule has 1 N–H and O–H groups in total. The summed E-state index contributed by atoms with van der Waals surface area (Å²) >= 11 is 0. The van der Waals surface area contributed by atoms with Gasteiger partial charge in [-0.2, -0.15) is 0 Å². The van der Waals surface area contributed by atoms with Crippen molar-refractivity contribution in [1.82, 2.24) is 0 Å². The lowest BCUT2D eigenvalue weighted by Gasteiger charge is -2.24. The Kier molecular flexibility index (Phi) is 3.19. The van der Waals surface area contributed by atoms with Gasteiger partial charge in [-0.25, -0.2) is 8.42 Å². The zero-order valence-electron chi connectivity index (χ0n) is 9.44. The van der Waals surface area contributed by atoms with Crippen LogP contribution in [0, 0.1) is 6.92 Å². The minimum Gasteiger partial charge on any atom is -0.381 e. The third kappa shape index (κ3) is 2.98. The molecule has 88 valence electrons. The summed E-state index contributed by atoms with van der Waals surface area (Å²) in [6.07, 6.45) is 1.71. The number of aryl methyl sites for hydroxylation is 1. The molecule has 1 unspecified atom stereocenters. The molecule has 0 aromatic heterocycles. The van der Waals surface area contributed by atoms with E-state index in [9.17, 15) is 8.42 Å². The number of nitrogens with one attached hydrogen (secondary N) is 1. The zero-order chi connectivity index (χ0) is 11.6. The zero-order valence-corrected chi connectivity index (χ0v) is 10.3. The van der Waals surface area contributed by atoms with Crippen LogP contribution in [0.5, 0.6) is 0 Å². The summed E-state index contributed by atoms with van der Waals surface area (Å²) in [6, 6.07) is 8.10. The van der Waals surface area contributed by atoms with Crippen molar-refractivity contribution >= 4 is 15.5 Å². The second-order valence-corrected chi connectivity index (χ2v) is 6.70. The van der Waals surface area contributed by atoms with Crippen LogP contribution < -0.4 is 5.32 Å². The van der Waals surface area contributed by atoms with Crippen molar-refractivity contribution in [2.75, 3.05) is 16.8 Å². The van der Waals surface area contributed by atoms with E-state index in [1.54, 1.807) is 0 Å². The van der Waals surface area contributed by atoms with Crippen LogP contribution in [-0.2, 0) is 9.84 Å². The Bertz CT molecular complexity index is 468. The van der Waals surface area contributed by atoms with Crippen LogP contribution in [0.4, 0.5) is 5.69 Å². The lowest BCUT2D eigenvalue weighted by molar-refractivity contribution is 0.562. The van der Waals surface area contributed by atoms with E-state index in [4.69, 9.17) is 0 Å². The van der Waals surface area contributed by atoms with E-state index < -0.39 is 9.84 Å². The van der Waals surface area contributed by atoms with Crippen molar-refractivity contribution in [3.05, 3.63) is 29.8 Å². The first-order valence-electron chi connectivity index (χ1n) is 5.59. The molecule has 1 saturated heterocycles. The van der Waals surface area contributed by atoms with Gasteiger partial charge in [0.1, 0.15) is 0 Å². The van der Waals surface area contributed by atoms with E-state index >= 15 is 0 Å². The van der Waals surface area contributed by atoms with Crippen molar-refractivity contribution in [1.29, 1.82) is 0 Å². The van der Waals surface area contributed by atoms with E-state index in [0.29, 0.717) is 5.75 Å². The molecule has 1 aromatic carbocycles. The summed E-state index contributed by atoms with van der Waals surface area (Å²) in [5.41, 5.74) is 2.20. The fraction of sp³-hybridized carbons (Fsp3) is 0.500. The van der Waals surface area contributed by atoms with Crippen LogP contribution in [0.25, 0.3) is 0 Å². The van der Waals surface area contributed by atoms with E-state index in [1.807, 2.05) is 31.2 Å². The van der Waals surface area contributed by atoms with Gasteiger partial charge in [0.05, 0.1) is 11.5 Å². The second-order valence-electron chi connectivity index (χ2n) is 4.47. The lowest BCUT2D eigenvalue weighted by atomic mass is 10.1. The van der Waals surface area contributed by atoms with Crippen molar-refractivity contribution in [2.24, 2.45) is 0 Å². The van der Waals surface area contributed by atoms with Crippen molar-refractivity contribution in [3.8, 4) is 0 Å². The van der Waals surface area contributed by atoms with Crippen LogP contribution >= 0.6 is 0 Å². The minimum absolute atomic E-state index is 0.0700. The summed E-state index contributed by atoms with van der Waals surface area (Å²) in [5, 5.41) is 3.30. The molecule has 1 aromatic rings. The summed E-state index contributed by atoms with van der Waals surface area (Å²) in [6.45, 7) is 2.03. The first kappa shape index (κ1) is 11.5. The maximum Gasteiger partial charge on any atom is 0.152 e. The third-order valence-electron chi connectivity index (χ3n) is 2.85. The average Bonchev–Trinajstić information content (AvgIpc) is 2.15. The van der Waals surface area contributed by atoms with Gasteiger partial charge in [0.25, 0.3) is 0 Å². The molecule has 16 heavy (non-hydrogen) atoms.